The van der Waals surface area contributed by atoms with E-state index >= 15 is 0 Å². The van der Waals surface area contributed by atoms with Crippen LogP contribution in [0.15, 0.2) is 34.8 Å². The van der Waals surface area contributed by atoms with Gasteiger partial charge in [-0.2, -0.15) is 0 Å². The third-order valence-electron chi connectivity index (χ3n) is 3.32. The molecule has 2 aromatic rings. The minimum atomic E-state index is 0.00403. The van der Waals surface area contributed by atoms with Gasteiger partial charge in [-0.15, -0.1) is 0 Å². The summed E-state index contributed by atoms with van der Waals surface area (Å²) < 4.78 is 6.35. The first-order chi connectivity index (χ1) is 9.43. The lowest BCUT2D eigenvalue weighted by molar-refractivity contribution is 0.103. The van der Waals surface area contributed by atoms with Gasteiger partial charge in [0.15, 0.2) is 5.78 Å². The van der Waals surface area contributed by atoms with Crippen molar-refractivity contribution in [2.24, 2.45) is 0 Å². The summed E-state index contributed by atoms with van der Waals surface area (Å²) in [6, 6.07) is 9.58. The maximum atomic E-state index is 12.8. The maximum absolute atomic E-state index is 12.8. The van der Waals surface area contributed by atoms with Crippen molar-refractivity contribution in [3.8, 4) is 5.75 Å². The number of methoxy groups -OCH3 is 1. The lowest BCUT2D eigenvalue weighted by Gasteiger charge is -2.13. The Kier molecular flexibility index (Phi) is 4.29. The first-order valence-corrected chi connectivity index (χ1v) is 7.19. The van der Waals surface area contributed by atoms with Crippen molar-refractivity contribution >= 4 is 21.7 Å². The number of benzene rings is 2. The van der Waals surface area contributed by atoms with Gasteiger partial charge in [-0.1, -0.05) is 22.0 Å². The molecule has 20 heavy (non-hydrogen) atoms. The molecule has 2 nitrogen and oxygen atoms in total. The van der Waals surface area contributed by atoms with Crippen LogP contribution in [0.5, 0.6) is 5.75 Å². The van der Waals surface area contributed by atoms with E-state index in [0.29, 0.717) is 16.9 Å². The Balaban J connectivity index is 2.59. The number of halogens is 1. The Morgan fingerprint density at radius 1 is 1.05 bits per heavy atom. The number of aryl methyl sites for hydroxylation is 3. The first-order valence-electron chi connectivity index (χ1n) is 6.40. The van der Waals surface area contributed by atoms with Gasteiger partial charge in [0.2, 0.25) is 0 Å². The molecular formula is C17H17BrO2. The fourth-order valence-corrected chi connectivity index (χ4v) is 2.87. The minimum Gasteiger partial charge on any atom is -0.496 e. The van der Waals surface area contributed by atoms with Crippen LogP contribution in [0.3, 0.4) is 0 Å². The molecule has 0 amide bonds. The first kappa shape index (κ1) is 14.8. The molecule has 2 rings (SSSR count). The molecule has 3 heteroatoms. The SMILES string of the molecule is COc1cc(C)cc(C)c1C(=O)c1ccc(Br)cc1C. The Hall–Kier alpha value is -1.61. The van der Waals surface area contributed by atoms with Crippen LogP contribution in [0.25, 0.3) is 0 Å². The van der Waals surface area contributed by atoms with E-state index in [9.17, 15) is 4.79 Å². The van der Waals surface area contributed by atoms with Crippen LogP contribution >= 0.6 is 15.9 Å². The van der Waals surface area contributed by atoms with E-state index in [4.69, 9.17) is 4.74 Å². The lowest BCUT2D eigenvalue weighted by Crippen LogP contribution is -2.08. The Morgan fingerprint density at radius 2 is 1.75 bits per heavy atom. The highest BCUT2D eigenvalue weighted by Crippen LogP contribution is 2.28. The molecule has 0 spiro atoms. The molecule has 0 saturated carbocycles. The van der Waals surface area contributed by atoms with Crippen LogP contribution in [0.2, 0.25) is 0 Å². The fraction of sp³-hybridized carbons (Fsp3) is 0.235. The largest absolute Gasteiger partial charge is 0.496 e. The van der Waals surface area contributed by atoms with E-state index in [1.807, 2.05) is 51.1 Å². The molecule has 2 aromatic carbocycles. The molecule has 0 aliphatic rings. The highest BCUT2D eigenvalue weighted by atomic mass is 79.9. The predicted molar refractivity (Wildman–Crippen MR) is 84.8 cm³/mol. The number of carbonyl (C=O) groups excluding carboxylic acids is 1. The summed E-state index contributed by atoms with van der Waals surface area (Å²) in [5.74, 6) is 0.638. The van der Waals surface area contributed by atoms with Gasteiger partial charge in [0, 0.05) is 10.0 Å². The van der Waals surface area contributed by atoms with Crippen LogP contribution in [0.4, 0.5) is 0 Å². The monoisotopic (exact) mass is 332 g/mol. The lowest BCUT2D eigenvalue weighted by atomic mass is 9.94. The minimum absolute atomic E-state index is 0.00403. The highest BCUT2D eigenvalue weighted by Gasteiger charge is 2.19. The summed E-state index contributed by atoms with van der Waals surface area (Å²) >= 11 is 3.42. The average molecular weight is 333 g/mol. The van der Waals surface area contributed by atoms with E-state index in [1.165, 1.54) is 0 Å². The van der Waals surface area contributed by atoms with Crippen molar-refractivity contribution in [2.75, 3.05) is 7.11 Å². The van der Waals surface area contributed by atoms with Crippen molar-refractivity contribution in [3.05, 3.63) is 62.6 Å². The molecule has 0 atom stereocenters. The third-order valence-corrected chi connectivity index (χ3v) is 3.82. The van der Waals surface area contributed by atoms with Crippen molar-refractivity contribution in [3.63, 3.8) is 0 Å². The number of ether oxygens (including phenoxy) is 1. The molecule has 0 N–H and O–H groups in total. The molecule has 0 radical (unpaired) electrons. The van der Waals surface area contributed by atoms with Crippen LogP contribution in [0.1, 0.15) is 32.6 Å². The molecular weight excluding hydrogens is 316 g/mol. The second kappa shape index (κ2) is 5.80. The zero-order chi connectivity index (χ0) is 14.9. The zero-order valence-electron chi connectivity index (χ0n) is 12.1. The van der Waals surface area contributed by atoms with Crippen LogP contribution < -0.4 is 4.74 Å². The van der Waals surface area contributed by atoms with E-state index in [-0.39, 0.29) is 5.78 Å². The summed E-state index contributed by atoms with van der Waals surface area (Å²) in [6.45, 7) is 5.87. The Labute approximate surface area is 127 Å². The van der Waals surface area contributed by atoms with Gasteiger partial charge in [0.05, 0.1) is 12.7 Å². The van der Waals surface area contributed by atoms with Crippen LogP contribution in [-0.2, 0) is 0 Å². The Bertz CT molecular complexity index is 675. The van der Waals surface area contributed by atoms with Crippen molar-refractivity contribution < 1.29 is 9.53 Å². The van der Waals surface area contributed by atoms with Gasteiger partial charge < -0.3 is 4.74 Å². The van der Waals surface area contributed by atoms with Gasteiger partial charge in [0.25, 0.3) is 0 Å². The average Bonchev–Trinajstić information content (AvgIpc) is 2.37. The van der Waals surface area contributed by atoms with E-state index in [1.54, 1.807) is 7.11 Å². The molecule has 0 unspecified atom stereocenters. The smallest absolute Gasteiger partial charge is 0.197 e. The van der Waals surface area contributed by atoms with Gasteiger partial charge in [0.1, 0.15) is 5.75 Å². The fourth-order valence-electron chi connectivity index (χ4n) is 2.40. The summed E-state index contributed by atoms with van der Waals surface area (Å²) in [4.78, 5) is 12.8. The number of ketones is 1. The van der Waals surface area contributed by atoms with E-state index in [2.05, 4.69) is 15.9 Å². The molecule has 104 valence electrons. The van der Waals surface area contributed by atoms with Crippen molar-refractivity contribution in [1.29, 1.82) is 0 Å². The van der Waals surface area contributed by atoms with Gasteiger partial charge in [-0.3, -0.25) is 4.79 Å². The summed E-state index contributed by atoms with van der Waals surface area (Å²) in [6.07, 6.45) is 0. The quantitative estimate of drug-likeness (QED) is 0.767. The van der Waals surface area contributed by atoms with Crippen molar-refractivity contribution in [2.45, 2.75) is 20.8 Å². The number of hydrogen-bond donors (Lipinski definition) is 0. The molecule has 0 saturated heterocycles. The standard InChI is InChI=1S/C17H17BrO2/c1-10-7-12(3)16(15(8-10)20-4)17(19)14-6-5-13(18)9-11(14)2/h5-9H,1-4H3. The van der Waals surface area contributed by atoms with Crippen molar-refractivity contribution in [1.82, 2.24) is 0 Å². The van der Waals surface area contributed by atoms with Gasteiger partial charge >= 0.3 is 0 Å². The van der Waals surface area contributed by atoms with Gasteiger partial charge in [-0.05, 0) is 61.7 Å². The Morgan fingerprint density at radius 3 is 2.35 bits per heavy atom. The second-order valence-electron chi connectivity index (χ2n) is 4.95. The maximum Gasteiger partial charge on any atom is 0.197 e. The molecule has 0 aliphatic carbocycles. The van der Waals surface area contributed by atoms with E-state index in [0.717, 1.165) is 21.2 Å². The number of hydrogen-bond acceptors (Lipinski definition) is 2. The topological polar surface area (TPSA) is 26.3 Å². The van der Waals surface area contributed by atoms with Gasteiger partial charge in [-0.25, -0.2) is 0 Å². The second-order valence-corrected chi connectivity index (χ2v) is 5.86. The zero-order valence-corrected chi connectivity index (χ0v) is 13.7. The number of carbonyl (C=O) groups is 1. The molecule has 0 aliphatic heterocycles. The third kappa shape index (κ3) is 2.78. The molecule has 0 aromatic heterocycles. The summed E-state index contributed by atoms with van der Waals surface area (Å²) in [7, 11) is 1.60. The normalized spacial score (nSPS) is 10.4. The summed E-state index contributed by atoms with van der Waals surface area (Å²) in [5.41, 5.74) is 4.32. The van der Waals surface area contributed by atoms with E-state index < -0.39 is 0 Å². The predicted octanol–water partition coefficient (Wildman–Crippen LogP) is 4.61. The summed E-state index contributed by atoms with van der Waals surface area (Å²) in [5, 5.41) is 0. The molecule has 0 bridgehead atoms. The molecule has 0 heterocycles. The molecule has 0 fully saturated rings. The highest BCUT2D eigenvalue weighted by molar-refractivity contribution is 9.10. The van der Waals surface area contributed by atoms with Crippen LogP contribution in [0, 0.1) is 20.8 Å². The number of rotatable bonds is 3. The van der Waals surface area contributed by atoms with Crippen LogP contribution in [-0.4, -0.2) is 12.9 Å².